The van der Waals surface area contributed by atoms with Gasteiger partial charge in [-0.3, -0.25) is 9.59 Å². The molecule has 2 rings (SSSR count). The molecule has 5 heteroatoms. The summed E-state index contributed by atoms with van der Waals surface area (Å²) in [7, 11) is 0. The molecule has 2 amide bonds. The molecule has 1 aliphatic carbocycles. The molecule has 0 radical (unpaired) electrons. The van der Waals surface area contributed by atoms with E-state index in [0.29, 0.717) is 12.6 Å². The Kier molecular flexibility index (Phi) is 3.99. The van der Waals surface area contributed by atoms with Crippen LogP contribution >= 0.6 is 0 Å². The van der Waals surface area contributed by atoms with Gasteiger partial charge in [-0.05, 0) is 32.2 Å². The summed E-state index contributed by atoms with van der Waals surface area (Å²) in [5.74, 6) is 0.0568. The highest BCUT2D eigenvalue weighted by Gasteiger charge is 2.33. The molecule has 2 N–H and O–H groups in total. The first kappa shape index (κ1) is 12.4. The molecule has 96 valence electrons. The molecule has 0 aromatic heterocycles. The minimum atomic E-state index is -0.0799. The zero-order valence-electron chi connectivity index (χ0n) is 10.4. The lowest BCUT2D eigenvalue weighted by atomic mass is 10.2. The molecular weight excluding hydrogens is 218 g/mol. The van der Waals surface area contributed by atoms with Gasteiger partial charge in [-0.2, -0.15) is 0 Å². The molecular formula is C12H21N3O2. The SMILES string of the molecule is CCCNC1CCN(CC(=O)NC2CC2)C1=O. The van der Waals surface area contributed by atoms with Gasteiger partial charge in [-0.25, -0.2) is 0 Å². The van der Waals surface area contributed by atoms with Gasteiger partial charge in [0.1, 0.15) is 0 Å². The quantitative estimate of drug-likeness (QED) is 0.678. The summed E-state index contributed by atoms with van der Waals surface area (Å²) in [6.45, 7) is 3.85. The van der Waals surface area contributed by atoms with Gasteiger partial charge in [0, 0.05) is 12.6 Å². The maximum absolute atomic E-state index is 11.9. The van der Waals surface area contributed by atoms with Crippen molar-refractivity contribution in [3.8, 4) is 0 Å². The van der Waals surface area contributed by atoms with E-state index in [2.05, 4.69) is 17.6 Å². The summed E-state index contributed by atoms with van der Waals surface area (Å²) < 4.78 is 0. The number of nitrogens with one attached hydrogen (secondary N) is 2. The Morgan fingerprint density at radius 3 is 2.82 bits per heavy atom. The molecule has 0 bridgehead atoms. The van der Waals surface area contributed by atoms with Crippen molar-refractivity contribution in [3.63, 3.8) is 0 Å². The van der Waals surface area contributed by atoms with Crippen molar-refractivity contribution in [2.24, 2.45) is 0 Å². The molecule has 0 spiro atoms. The third-order valence-corrected chi connectivity index (χ3v) is 3.22. The van der Waals surface area contributed by atoms with E-state index in [1.165, 1.54) is 0 Å². The van der Waals surface area contributed by atoms with Gasteiger partial charge in [0.15, 0.2) is 0 Å². The van der Waals surface area contributed by atoms with Gasteiger partial charge in [0.2, 0.25) is 11.8 Å². The first-order chi connectivity index (χ1) is 8.20. The maximum atomic E-state index is 11.9. The highest BCUT2D eigenvalue weighted by molar-refractivity contribution is 5.89. The van der Waals surface area contributed by atoms with Crippen LogP contribution < -0.4 is 10.6 Å². The van der Waals surface area contributed by atoms with Crippen LogP contribution in [0.5, 0.6) is 0 Å². The first-order valence-electron chi connectivity index (χ1n) is 6.52. The van der Waals surface area contributed by atoms with E-state index in [9.17, 15) is 9.59 Å². The lowest BCUT2D eigenvalue weighted by Crippen LogP contribution is -2.43. The van der Waals surface area contributed by atoms with E-state index in [1.807, 2.05) is 0 Å². The third-order valence-electron chi connectivity index (χ3n) is 3.22. The van der Waals surface area contributed by atoms with Crippen LogP contribution in [-0.4, -0.2) is 48.4 Å². The zero-order chi connectivity index (χ0) is 12.3. The van der Waals surface area contributed by atoms with Crippen molar-refractivity contribution in [1.29, 1.82) is 0 Å². The molecule has 1 saturated heterocycles. The molecule has 1 atom stereocenters. The topological polar surface area (TPSA) is 61.4 Å². The van der Waals surface area contributed by atoms with Crippen molar-refractivity contribution in [1.82, 2.24) is 15.5 Å². The Labute approximate surface area is 102 Å². The first-order valence-corrected chi connectivity index (χ1v) is 6.52. The molecule has 1 unspecified atom stereocenters. The highest BCUT2D eigenvalue weighted by Crippen LogP contribution is 2.18. The van der Waals surface area contributed by atoms with Crippen molar-refractivity contribution < 1.29 is 9.59 Å². The second-order valence-corrected chi connectivity index (χ2v) is 4.90. The average molecular weight is 239 g/mol. The number of carbonyl (C=O) groups excluding carboxylic acids is 2. The summed E-state index contributed by atoms with van der Waals surface area (Å²) in [6.07, 6.45) is 4.00. The predicted molar refractivity (Wildman–Crippen MR) is 64.4 cm³/mol. The van der Waals surface area contributed by atoms with Gasteiger partial charge < -0.3 is 15.5 Å². The second-order valence-electron chi connectivity index (χ2n) is 4.90. The standard InChI is InChI=1S/C12H21N3O2/c1-2-6-13-10-5-7-15(12(10)17)8-11(16)14-9-3-4-9/h9-10,13H,2-8H2,1H3,(H,14,16). The molecule has 5 nitrogen and oxygen atoms in total. The van der Waals surface area contributed by atoms with E-state index in [-0.39, 0.29) is 24.4 Å². The van der Waals surface area contributed by atoms with Crippen molar-refractivity contribution in [3.05, 3.63) is 0 Å². The Morgan fingerprint density at radius 2 is 2.18 bits per heavy atom. The summed E-state index contributed by atoms with van der Waals surface area (Å²) in [5.41, 5.74) is 0. The highest BCUT2D eigenvalue weighted by atomic mass is 16.2. The summed E-state index contributed by atoms with van der Waals surface area (Å²) in [6, 6.07) is 0.290. The van der Waals surface area contributed by atoms with Crippen LogP contribution in [0.3, 0.4) is 0 Å². The fourth-order valence-corrected chi connectivity index (χ4v) is 2.08. The molecule has 1 saturated carbocycles. The molecule has 17 heavy (non-hydrogen) atoms. The molecule has 1 aliphatic heterocycles. The number of hydrogen-bond donors (Lipinski definition) is 2. The van der Waals surface area contributed by atoms with Crippen molar-refractivity contribution in [2.75, 3.05) is 19.6 Å². The number of rotatable bonds is 6. The van der Waals surface area contributed by atoms with Crippen molar-refractivity contribution in [2.45, 2.75) is 44.7 Å². The van der Waals surface area contributed by atoms with Crippen LogP contribution in [0.25, 0.3) is 0 Å². The largest absolute Gasteiger partial charge is 0.352 e. The summed E-state index contributed by atoms with van der Waals surface area (Å²) in [4.78, 5) is 25.2. The molecule has 2 aliphatic rings. The Morgan fingerprint density at radius 1 is 1.41 bits per heavy atom. The average Bonchev–Trinajstić information content (AvgIpc) is 3.04. The van der Waals surface area contributed by atoms with E-state index >= 15 is 0 Å². The minimum absolute atomic E-state index is 0.0167. The van der Waals surface area contributed by atoms with E-state index in [1.54, 1.807) is 4.90 Å². The zero-order valence-corrected chi connectivity index (χ0v) is 10.4. The van der Waals surface area contributed by atoms with Crippen LogP contribution in [-0.2, 0) is 9.59 Å². The normalized spacial score (nSPS) is 24.2. The minimum Gasteiger partial charge on any atom is -0.352 e. The third kappa shape index (κ3) is 3.43. The van der Waals surface area contributed by atoms with Crippen LogP contribution in [0, 0.1) is 0 Å². The maximum Gasteiger partial charge on any atom is 0.240 e. The molecule has 2 fully saturated rings. The number of likely N-dealkylation sites (tertiary alicyclic amines) is 1. The smallest absolute Gasteiger partial charge is 0.240 e. The Bertz CT molecular complexity index is 302. The van der Waals surface area contributed by atoms with Gasteiger partial charge in [-0.1, -0.05) is 6.92 Å². The van der Waals surface area contributed by atoms with Gasteiger partial charge in [0.25, 0.3) is 0 Å². The van der Waals surface area contributed by atoms with Crippen LogP contribution in [0.1, 0.15) is 32.6 Å². The van der Waals surface area contributed by atoms with Crippen LogP contribution in [0.4, 0.5) is 0 Å². The summed E-state index contributed by atoms with van der Waals surface area (Å²) in [5, 5.41) is 6.12. The predicted octanol–water partition coefficient (Wildman–Crippen LogP) is -0.134. The lowest BCUT2D eigenvalue weighted by Gasteiger charge is -2.16. The lowest BCUT2D eigenvalue weighted by molar-refractivity contribution is -0.134. The Hall–Kier alpha value is -1.10. The van der Waals surface area contributed by atoms with Crippen LogP contribution in [0.2, 0.25) is 0 Å². The van der Waals surface area contributed by atoms with E-state index < -0.39 is 0 Å². The fraction of sp³-hybridized carbons (Fsp3) is 0.833. The fourth-order valence-electron chi connectivity index (χ4n) is 2.08. The molecule has 0 aromatic carbocycles. The van der Waals surface area contributed by atoms with Crippen molar-refractivity contribution >= 4 is 11.8 Å². The monoisotopic (exact) mass is 239 g/mol. The summed E-state index contributed by atoms with van der Waals surface area (Å²) >= 11 is 0. The number of hydrogen-bond acceptors (Lipinski definition) is 3. The van der Waals surface area contributed by atoms with Gasteiger partial charge in [-0.15, -0.1) is 0 Å². The van der Waals surface area contributed by atoms with E-state index in [0.717, 1.165) is 32.2 Å². The number of amides is 2. The van der Waals surface area contributed by atoms with Crippen LogP contribution in [0.15, 0.2) is 0 Å². The van der Waals surface area contributed by atoms with Gasteiger partial charge in [0.05, 0.1) is 12.6 Å². The number of carbonyl (C=O) groups is 2. The number of nitrogens with zero attached hydrogens (tertiary/aromatic N) is 1. The second kappa shape index (κ2) is 5.49. The van der Waals surface area contributed by atoms with E-state index in [4.69, 9.17) is 0 Å². The molecule has 0 aromatic rings. The Balaban J connectivity index is 1.74. The molecule has 1 heterocycles. The van der Waals surface area contributed by atoms with Gasteiger partial charge >= 0.3 is 0 Å².